The van der Waals surface area contributed by atoms with Crippen molar-refractivity contribution in [3.8, 4) is 0 Å². The lowest BCUT2D eigenvalue weighted by Gasteiger charge is -2.40. The van der Waals surface area contributed by atoms with E-state index >= 15 is 0 Å². The van der Waals surface area contributed by atoms with Crippen LogP contribution in [0.2, 0.25) is 0 Å². The number of carbonyl (C=O) groups is 2. The summed E-state index contributed by atoms with van der Waals surface area (Å²) in [5, 5.41) is 0. The summed E-state index contributed by atoms with van der Waals surface area (Å²) >= 11 is 3.40. The summed E-state index contributed by atoms with van der Waals surface area (Å²) in [6.07, 6.45) is 1.88. The molecule has 31 heavy (non-hydrogen) atoms. The van der Waals surface area contributed by atoms with Crippen LogP contribution in [0.25, 0.3) is 6.08 Å². The molecule has 0 bridgehead atoms. The molecule has 1 atom stereocenters. The Kier molecular flexibility index (Phi) is 6.00. The Morgan fingerprint density at radius 3 is 2.29 bits per heavy atom. The molecule has 3 aromatic rings. The molecule has 0 spiro atoms. The minimum Gasteiger partial charge on any atom is -0.298 e. The first-order valence-corrected chi connectivity index (χ1v) is 10.6. The Hall–Kier alpha value is -3.25. The Balaban J connectivity index is 1.81. The highest BCUT2D eigenvalue weighted by atomic mass is 79.9. The van der Waals surface area contributed by atoms with Crippen LogP contribution in [0.15, 0.2) is 88.9 Å². The highest BCUT2D eigenvalue weighted by Crippen LogP contribution is 2.31. The highest BCUT2D eigenvalue weighted by molar-refractivity contribution is 9.10. The van der Waals surface area contributed by atoms with Crippen LogP contribution in [0.4, 0.5) is 15.8 Å². The summed E-state index contributed by atoms with van der Waals surface area (Å²) in [4.78, 5) is 29.6. The Labute approximate surface area is 188 Å². The lowest BCUT2D eigenvalue weighted by atomic mass is 9.98. The van der Waals surface area contributed by atoms with Gasteiger partial charge in [-0.2, -0.15) is 0 Å². The fourth-order valence-corrected chi connectivity index (χ4v) is 4.01. The van der Waals surface area contributed by atoms with Gasteiger partial charge in [-0.05, 0) is 54.5 Å². The molecule has 0 aromatic heterocycles. The van der Waals surface area contributed by atoms with E-state index in [4.69, 9.17) is 0 Å². The Bertz CT molecular complexity index is 1150. The van der Waals surface area contributed by atoms with Gasteiger partial charge in [0.05, 0.1) is 5.69 Å². The second-order valence-electron chi connectivity index (χ2n) is 7.32. The maximum Gasteiger partial charge on any atom is 0.255 e. The van der Waals surface area contributed by atoms with Gasteiger partial charge in [0.15, 0.2) is 0 Å². The average Bonchev–Trinajstić information content (AvgIpc) is 2.77. The standard InChI is InChI=1S/C25H20BrFN2O2/c1-17(15-18-7-3-2-4-8-18)24-25(31)28(22-10-6-5-9-21(22)27)16-23(30)29(24)20-13-11-19(26)12-14-20/h2-15,24H,16H2,1H3/b17-15-/t24-/m0/s1. The normalized spacial score (nSPS) is 17.3. The summed E-state index contributed by atoms with van der Waals surface area (Å²) < 4.78 is 15.3. The number of carbonyl (C=O) groups excluding carboxylic acids is 2. The lowest BCUT2D eigenvalue weighted by molar-refractivity contribution is -0.127. The first kappa shape index (κ1) is 21.0. The van der Waals surface area contributed by atoms with Crippen LogP contribution in [-0.4, -0.2) is 24.4 Å². The monoisotopic (exact) mass is 478 g/mol. The van der Waals surface area contributed by atoms with Crippen molar-refractivity contribution in [3.05, 3.63) is 100 Å². The van der Waals surface area contributed by atoms with Gasteiger partial charge in [-0.1, -0.05) is 64.5 Å². The van der Waals surface area contributed by atoms with E-state index in [2.05, 4.69) is 15.9 Å². The maximum absolute atomic E-state index is 14.5. The third-order valence-corrected chi connectivity index (χ3v) is 5.72. The van der Waals surface area contributed by atoms with Gasteiger partial charge in [-0.3, -0.25) is 19.4 Å². The zero-order valence-corrected chi connectivity index (χ0v) is 18.4. The molecule has 156 valence electrons. The van der Waals surface area contributed by atoms with Gasteiger partial charge in [0.25, 0.3) is 5.91 Å². The van der Waals surface area contributed by atoms with Crippen LogP contribution in [0.3, 0.4) is 0 Å². The minimum absolute atomic E-state index is 0.105. The smallest absolute Gasteiger partial charge is 0.255 e. The summed E-state index contributed by atoms with van der Waals surface area (Å²) in [6.45, 7) is 1.59. The molecule has 2 amide bonds. The van der Waals surface area contributed by atoms with Crippen LogP contribution in [0.5, 0.6) is 0 Å². The summed E-state index contributed by atoms with van der Waals surface area (Å²) in [7, 11) is 0. The van der Waals surface area contributed by atoms with E-state index in [9.17, 15) is 14.0 Å². The van der Waals surface area contributed by atoms with Crippen molar-refractivity contribution in [1.29, 1.82) is 0 Å². The van der Waals surface area contributed by atoms with Gasteiger partial charge >= 0.3 is 0 Å². The van der Waals surface area contributed by atoms with Crippen molar-refractivity contribution in [1.82, 2.24) is 0 Å². The summed E-state index contributed by atoms with van der Waals surface area (Å²) in [5.74, 6) is -1.17. The Morgan fingerprint density at radius 1 is 0.968 bits per heavy atom. The molecule has 3 aromatic carbocycles. The number of para-hydroxylation sites is 1. The van der Waals surface area contributed by atoms with E-state index in [0.29, 0.717) is 11.3 Å². The van der Waals surface area contributed by atoms with E-state index in [1.807, 2.05) is 55.5 Å². The van der Waals surface area contributed by atoms with Gasteiger partial charge in [0.2, 0.25) is 5.91 Å². The molecule has 0 unspecified atom stereocenters. The van der Waals surface area contributed by atoms with Crippen molar-refractivity contribution < 1.29 is 14.0 Å². The molecule has 1 saturated heterocycles. The number of amides is 2. The minimum atomic E-state index is -0.887. The zero-order valence-electron chi connectivity index (χ0n) is 16.8. The molecule has 1 fully saturated rings. The molecule has 0 aliphatic carbocycles. The number of hydrogen-bond donors (Lipinski definition) is 0. The highest BCUT2D eigenvalue weighted by Gasteiger charge is 2.42. The van der Waals surface area contributed by atoms with Crippen molar-refractivity contribution in [2.24, 2.45) is 0 Å². The second-order valence-corrected chi connectivity index (χ2v) is 8.23. The predicted molar refractivity (Wildman–Crippen MR) is 124 cm³/mol. The van der Waals surface area contributed by atoms with Gasteiger partial charge in [0.1, 0.15) is 18.4 Å². The Morgan fingerprint density at radius 2 is 1.61 bits per heavy atom. The molecule has 0 N–H and O–H groups in total. The van der Waals surface area contributed by atoms with Crippen molar-refractivity contribution >= 4 is 45.2 Å². The van der Waals surface area contributed by atoms with Gasteiger partial charge < -0.3 is 0 Å². The van der Waals surface area contributed by atoms with Gasteiger partial charge in [-0.15, -0.1) is 0 Å². The molecule has 1 aliphatic rings. The first-order valence-electron chi connectivity index (χ1n) is 9.82. The summed E-state index contributed by atoms with van der Waals surface area (Å²) in [5.41, 5.74) is 2.32. The van der Waals surface area contributed by atoms with E-state index in [1.54, 1.807) is 24.3 Å². The SMILES string of the molecule is C/C(=C/c1ccccc1)[C@H]1C(=O)N(c2ccccc2F)CC(=O)N1c1ccc(Br)cc1. The third kappa shape index (κ3) is 4.30. The number of nitrogens with zero attached hydrogens (tertiary/aromatic N) is 2. The first-order chi connectivity index (χ1) is 15.0. The number of piperazine rings is 1. The van der Waals surface area contributed by atoms with Gasteiger partial charge in [-0.25, -0.2) is 4.39 Å². The van der Waals surface area contributed by atoms with Crippen molar-refractivity contribution in [2.75, 3.05) is 16.3 Å². The molecule has 0 radical (unpaired) electrons. The molecular weight excluding hydrogens is 459 g/mol. The predicted octanol–water partition coefficient (Wildman–Crippen LogP) is 5.44. The number of anilines is 2. The van der Waals surface area contributed by atoms with Crippen LogP contribution >= 0.6 is 15.9 Å². The molecule has 0 saturated carbocycles. The van der Waals surface area contributed by atoms with Crippen LogP contribution in [0, 0.1) is 5.82 Å². The zero-order chi connectivity index (χ0) is 22.0. The number of rotatable bonds is 4. The fourth-order valence-electron chi connectivity index (χ4n) is 3.75. The van der Waals surface area contributed by atoms with E-state index < -0.39 is 11.9 Å². The van der Waals surface area contributed by atoms with Crippen molar-refractivity contribution in [3.63, 3.8) is 0 Å². The topological polar surface area (TPSA) is 40.6 Å². The third-order valence-electron chi connectivity index (χ3n) is 5.19. The van der Waals surface area contributed by atoms with Crippen LogP contribution in [0.1, 0.15) is 12.5 Å². The average molecular weight is 479 g/mol. The van der Waals surface area contributed by atoms with Crippen LogP contribution in [-0.2, 0) is 9.59 Å². The van der Waals surface area contributed by atoms with E-state index in [1.165, 1.54) is 21.9 Å². The molecule has 6 heteroatoms. The van der Waals surface area contributed by atoms with Gasteiger partial charge in [0, 0.05) is 10.2 Å². The fraction of sp³-hybridized carbons (Fsp3) is 0.120. The molecule has 1 aliphatic heterocycles. The molecule has 4 nitrogen and oxygen atoms in total. The number of halogens is 2. The number of hydrogen-bond acceptors (Lipinski definition) is 2. The second kappa shape index (κ2) is 8.86. The summed E-state index contributed by atoms with van der Waals surface area (Å²) in [6, 6.07) is 21.9. The molecule has 4 rings (SSSR count). The maximum atomic E-state index is 14.5. The van der Waals surface area contributed by atoms with Crippen LogP contribution < -0.4 is 9.80 Å². The van der Waals surface area contributed by atoms with E-state index in [0.717, 1.165) is 10.0 Å². The molecular formula is C25H20BrFN2O2. The van der Waals surface area contributed by atoms with Crippen molar-refractivity contribution in [2.45, 2.75) is 13.0 Å². The lowest BCUT2D eigenvalue weighted by Crippen LogP contribution is -2.61. The molecule has 1 heterocycles. The number of benzene rings is 3. The largest absolute Gasteiger partial charge is 0.298 e. The quantitative estimate of drug-likeness (QED) is 0.500. The van der Waals surface area contributed by atoms with E-state index in [-0.39, 0.29) is 24.0 Å².